The van der Waals surface area contributed by atoms with Crippen LogP contribution in [-0.4, -0.2) is 32.6 Å². The Kier molecular flexibility index (Phi) is 5.96. The molecule has 4 rings (SSSR count). The fourth-order valence-corrected chi connectivity index (χ4v) is 5.27. The van der Waals surface area contributed by atoms with Crippen LogP contribution in [-0.2, 0) is 9.47 Å². The van der Waals surface area contributed by atoms with Crippen molar-refractivity contribution in [2.75, 3.05) is 26.6 Å². The number of alkyl carbamates (subject to hydrolysis) is 1. The molecule has 1 saturated heterocycles. The van der Waals surface area contributed by atoms with Crippen LogP contribution < -0.4 is 14.8 Å². The molecule has 30 heavy (non-hydrogen) atoms. The average molecular weight is 416 g/mol. The molecule has 1 aromatic carbocycles. The lowest BCUT2D eigenvalue weighted by Crippen LogP contribution is -2.54. The number of carbonyl (C=O) groups is 1. The normalized spacial score (nSPS) is 31.8. The number of rotatable bonds is 6. The monoisotopic (exact) mass is 415 g/mol. The zero-order valence-corrected chi connectivity index (χ0v) is 18.4. The Morgan fingerprint density at radius 2 is 2.07 bits per heavy atom. The van der Waals surface area contributed by atoms with Crippen molar-refractivity contribution in [3.63, 3.8) is 0 Å². The Bertz CT molecular complexity index is 822. The number of fused-ring (bicyclic) bond motifs is 3. The predicted molar refractivity (Wildman–Crippen MR) is 114 cm³/mol. The second kappa shape index (κ2) is 8.50. The highest BCUT2D eigenvalue weighted by molar-refractivity contribution is 5.67. The van der Waals surface area contributed by atoms with Crippen LogP contribution in [0.25, 0.3) is 0 Å². The molecule has 2 heterocycles. The lowest BCUT2D eigenvalue weighted by molar-refractivity contribution is -0.165. The minimum atomic E-state index is -0.335. The number of hydrogen-bond acceptors (Lipinski definition) is 5. The molecule has 0 radical (unpaired) electrons. The van der Waals surface area contributed by atoms with E-state index < -0.39 is 0 Å². The molecular weight excluding hydrogens is 382 g/mol. The van der Waals surface area contributed by atoms with E-state index in [9.17, 15) is 4.79 Å². The highest BCUT2D eigenvalue weighted by Gasteiger charge is 2.54. The predicted octanol–water partition coefficient (Wildman–Crippen LogP) is 4.85. The summed E-state index contributed by atoms with van der Waals surface area (Å²) in [6, 6.07) is 6.07. The number of unbranched alkanes of at least 4 members (excludes halogenated alkanes) is 1. The van der Waals surface area contributed by atoms with Crippen LogP contribution in [0.4, 0.5) is 4.79 Å². The van der Waals surface area contributed by atoms with E-state index in [1.54, 1.807) is 0 Å². The molecule has 0 spiro atoms. The number of benzene rings is 1. The summed E-state index contributed by atoms with van der Waals surface area (Å²) in [5, 5.41) is 2.85. The van der Waals surface area contributed by atoms with E-state index in [-0.39, 0.29) is 36.2 Å². The summed E-state index contributed by atoms with van der Waals surface area (Å²) in [6.07, 6.45) is 3.95. The maximum Gasteiger partial charge on any atom is 0.407 e. The molecule has 164 valence electrons. The second-order valence-corrected chi connectivity index (χ2v) is 8.95. The molecule has 1 aliphatic carbocycles. The number of ether oxygens (including phenoxy) is 4. The van der Waals surface area contributed by atoms with Crippen LogP contribution in [0.1, 0.15) is 52.2 Å². The third-order valence-electron chi connectivity index (χ3n) is 7.25. The number of nitrogens with one attached hydrogen (secondary N) is 1. The van der Waals surface area contributed by atoms with Crippen molar-refractivity contribution in [3.8, 4) is 11.5 Å². The third-order valence-corrected chi connectivity index (χ3v) is 7.25. The van der Waals surface area contributed by atoms with Crippen LogP contribution in [0.2, 0.25) is 0 Å². The summed E-state index contributed by atoms with van der Waals surface area (Å²) in [4.78, 5) is 12.2. The number of carbonyl (C=O) groups excluding carboxylic acids is 1. The van der Waals surface area contributed by atoms with Crippen molar-refractivity contribution < 1.29 is 23.7 Å². The van der Waals surface area contributed by atoms with Gasteiger partial charge in [0.1, 0.15) is 6.61 Å². The summed E-state index contributed by atoms with van der Waals surface area (Å²) in [5.41, 5.74) is 2.21. The zero-order valence-electron chi connectivity index (χ0n) is 18.4. The fourth-order valence-electron chi connectivity index (χ4n) is 5.27. The first kappa shape index (κ1) is 21.0. The largest absolute Gasteiger partial charge is 0.454 e. The highest BCUT2D eigenvalue weighted by atomic mass is 16.7. The molecule has 1 aromatic rings. The summed E-state index contributed by atoms with van der Waals surface area (Å²) in [5.74, 6) is 2.36. The molecule has 3 unspecified atom stereocenters. The molecule has 6 heteroatoms. The van der Waals surface area contributed by atoms with E-state index in [1.807, 2.05) is 12.1 Å². The van der Waals surface area contributed by atoms with Crippen molar-refractivity contribution in [1.82, 2.24) is 5.32 Å². The van der Waals surface area contributed by atoms with Crippen molar-refractivity contribution in [3.05, 3.63) is 35.4 Å². The number of amides is 1. The molecule has 0 saturated carbocycles. The average Bonchev–Trinajstić information content (AvgIpc) is 3.19. The van der Waals surface area contributed by atoms with Crippen LogP contribution in [0.5, 0.6) is 11.5 Å². The van der Waals surface area contributed by atoms with E-state index in [0.717, 1.165) is 29.9 Å². The third kappa shape index (κ3) is 3.66. The van der Waals surface area contributed by atoms with E-state index in [2.05, 4.69) is 45.2 Å². The van der Waals surface area contributed by atoms with Gasteiger partial charge in [-0.15, -0.1) is 0 Å². The van der Waals surface area contributed by atoms with E-state index in [0.29, 0.717) is 25.7 Å². The minimum Gasteiger partial charge on any atom is -0.454 e. The van der Waals surface area contributed by atoms with Gasteiger partial charge in [0, 0.05) is 17.9 Å². The Morgan fingerprint density at radius 1 is 1.27 bits per heavy atom. The molecule has 2 aliphatic heterocycles. The van der Waals surface area contributed by atoms with Crippen LogP contribution in [0.3, 0.4) is 0 Å². The summed E-state index contributed by atoms with van der Waals surface area (Å²) < 4.78 is 23.2. The van der Waals surface area contributed by atoms with E-state index in [1.165, 1.54) is 5.57 Å². The molecule has 2 bridgehead atoms. The minimum absolute atomic E-state index is 0.0512. The van der Waals surface area contributed by atoms with Crippen molar-refractivity contribution >= 4 is 6.09 Å². The second-order valence-electron chi connectivity index (χ2n) is 8.95. The maximum atomic E-state index is 12.2. The van der Waals surface area contributed by atoms with Gasteiger partial charge in [-0.2, -0.15) is 0 Å². The quantitative estimate of drug-likeness (QED) is 0.532. The van der Waals surface area contributed by atoms with Crippen molar-refractivity contribution in [2.24, 2.45) is 23.2 Å². The molecule has 3 aliphatic rings. The molecule has 1 N–H and O–H groups in total. The Labute approximate surface area is 178 Å². The SMILES string of the molecule is CCCCNC(=O)OC[C@]12COC(c3ccc4c(c3)OCO4)C(C(C)=CC1C)[C@H]2C. The van der Waals surface area contributed by atoms with Crippen LogP contribution >= 0.6 is 0 Å². The summed E-state index contributed by atoms with van der Waals surface area (Å²) in [7, 11) is 0. The lowest BCUT2D eigenvalue weighted by atomic mass is 9.56. The van der Waals surface area contributed by atoms with Gasteiger partial charge >= 0.3 is 6.09 Å². The molecule has 0 aromatic heterocycles. The van der Waals surface area contributed by atoms with E-state index in [4.69, 9.17) is 18.9 Å². The number of hydrogen-bond donors (Lipinski definition) is 1. The Balaban J connectivity index is 1.52. The van der Waals surface area contributed by atoms with Gasteiger partial charge in [-0.25, -0.2) is 4.79 Å². The van der Waals surface area contributed by atoms with Gasteiger partial charge in [-0.05, 0) is 42.9 Å². The summed E-state index contributed by atoms with van der Waals surface area (Å²) in [6.45, 7) is 10.6. The van der Waals surface area contributed by atoms with Gasteiger partial charge in [0.2, 0.25) is 6.79 Å². The Morgan fingerprint density at radius 3 is 2.87 bits per heavy atom. The van der Waals surface area contributed by atoms with Crippen LogP contribution in [0, 0.1) is 23.2 Å². The molecule has 1 amide bonds. The standard InChI is InChI=1S/C24H33NO5/c1-5-6-9-25-23(26)28-13-24-12-27-22(21(17(24)4)15(2)10-16(24)3)18-7-8-19-20(11-18)30-14-29-19/h7-8,10-11,16-17,21-22H,5-6,9,12-14H2,1-4H3,(H,25,26)/t16?,17-,21?,22?,24-/m1/s1. The first-order chi connectivity index (χ1) is 14.5. The van der Waals surface area contributed by atoms with Gasteiger partial charge in [-0.3, -0.25) is 0 Å². The maximum absolute atomic E-state index is 12.2. The van der Waals surface area contributed by atoms with Crippen molar-refractivity contribution in [2.45, 2.75) is 46.6 Å². The fraction of sp³-hybridized carbons (Fsp3) is 0.625. The zero-order chi connectivity index (χ0) is 21.3. The molecular formula is C24H33NO5. The first-order valence-corrected chi connectivity index (χ1v) is 11.1. The van der Waals surface area contributed by atoms with Gasteiger partial charge in [0.05, 0.1) is 12.7 Å². The molecule has 6 nitrogen and oxygen atoms in total. The van der Waals surface area contributed by atoms with Gasteiger partial charge in [0.15, 0.2) is 11.5 Å². The Hall–Kier alpha value is -2.21. The van der Waals surface area contributed by atoms with E-state index >= 15 is 0 Å². The smallest absolute Gasteiger partial charge is 0.407 e. The number of allylic oxidation sites excluding steroid dienone is 1. The lowest BCUT2D eigenvalue weighted by Gasteiger charge is -2.55. The van der Waals surface area contributed by atoms with Gasteiger partial charge < -0.3 is 24.3 Å². The molecule has 1 fully saturated rings. The molecule has 5 atom stereocenters. The van der Waals surface area contributed by atoms with Gasteiger partial charge in [-0.1, -0.05) is 44.9 Å². The highest BCUT2D eigenvalue weighted by Crippen LogP contribution is 2.56. The van der Waals surface area contributed by atoms with Gasteiger partial charge in [0.25, 0.3) is 0 Å². The van der Waals surface area contributed by atoms with Crippen molar-refractivity contribution in [1.29, 1.82) is 0 Å². The first-order valence-electron chi connectivity index (χ1n) is 11.1. The van der Waals surface area contributed by atoms with Crippen LogP contribution in [0.15, 0.2) is 29.8 Å². The summed E-state index contributed by atoms with van der Waals surface area (Å²) >= 11 is 0. The topological polar surface area (TPSA) is 66.0 Å².